The maximum atomic E-state index is 13.0. The van der Waals surface area contributed by atoms with Gasteiger partial charge in [0.05, 0.1) is 5.56 Å². The molecule has 7 heteroatoms. The van der Waals surface area contributed by atoms with Crippen LogP contribution in [0, 0.1) is 5.92 Å². The van der Waals surface area contributed by atoms with Gasteiger partial charge < -0.3 is 10.2 Å². The quantitative estimate of drug-likeness (QED) is 0.777. The van der Waals surface area contributed by atoms with Crippen molar-refractivity contribution < 1.29 is 18.0 Å². The summed E-state index contributed by atoms with van der Waals surface area (Å²) >= 11 is 0. The number of halogens is 4. The smallest absolute Gasteiger partial charge is 0.339 e. The van der Waals surface area contributed by atoms with Crippen LogP contribution in [0.1, 0.15) is 28.8 Å². The second-order valence-electron chi connectivity index (χ2n) is 6.91. The Hall–Kier alpha value is -2.05. The Labute approximate surface area is 169 Å². The molecule has 0 saturated carbocycles. The van der Waals surface area contributed by atoms with Crippen molar-refractivity contribution in [2.45, 2.75) is 19.0 Å². The normalized spacial score (nSPS) is 15.2. The molecule has 1 heterocycles. The van der Waals surface area contributed by atoms with Gasteiger partial charge in [0.25, 0.3) is 5.91 Å². The molecule has 152 valence electrons. The van der Waals surface area contributed by atoms with Gasteiger partial charge in [0.15, 0.2) is 0 Å². The molecule has 2 aromatic rings. The fraction of sp³-hybridized carbons (Fsp3) is 0.381. The van der Waals surface area contributed by atoms with Crippen molar-refractivity contribution in [1.29, 1.82) is 0 Å². The van der Waals surface area contributed by atoms with Crippen LogP contribution < -0.4 is 5.32 Å². The van der Waals surface area contributed by atoms with Gasteiger partial charge in [0.1, 0.15) is 0 Å². The first-order valence-corrected chi connectivity index (χ1v) is 9.10. The zero-order valence-corrected chi connectivity index (χ0v) is 16.4. The highest BCUT2D eigenvalue weighted by atomic mass is 35.5. The SMILES string of the molecule is CNCC1CCN(C(=O)c2ccccc2-c2ccc(C(F)(F)F)cc2)CC1.Cl. The molecule has 0 radical (unpaired) electrons. The summed E-state index contributed by atoms with van der Waals surface area (Å²) in [6, 6.07) is 12.1. The minimum atomic E-state index is -4.37. The molecule has 3 nitrogen and oxygen atoms in total. The number of likely N-dealkylation sites (tertiary alicyclic amines) is 1. The van der Waals surface area contributed by atoms with E-state index in [4.69, 9.17) is 0 Å². The second kappa shape index (κ2) is 9.43. The number of carbonyl (C=O) groups is 1. The molecule has 1 fully saturated rings. The third-order valence-corrected chi connectivity index (χ3v) is 5.08. The highest BCUT2D eigenvalue weighted by molar-refractivity contribution is 6.01. The lowest BCUT2D eigenvalue weighted by Gasteiger charge is -2.32. The third kappa shape index (κ3) is 5.06. The summed E-state index contributed by atoms with van der Waals surface area (Å²) in [6.07, 6.45) is -2.46. The molecule has 0 aliphatic carbocycles. The molecule has 0 aromatic heterocycles. The number of piperidine rings is 1. The predicted molar refractivity (Wildman–Crippen MR) is 107 cm³/mol. The van der Waals surface area contributed by atoms with E-state index in [2.05, 4.69) is 5.32 Å². The first-order valence-electron chi connectivity index (χ1n) is 9.10. The van der Waals surface area contributed by atoms with Crippen molar-refractivity contribution in [1.82, 2.24) is 10.2 Å². The first-order chi connectivity index (χ1) is 12.9. The largest absolute Gasteiger partial charge is 0.416 e. The van der Waals surface area contributed by atoms with Crippen molar-refractivity contribution in [2.75, 3.05) is 26.7 Å². The Morgan fingerprint density at radius 3 is 2.25 bits per heavy atom. The van der Waals surface area contributed by atoms with E-state index < -0.39 is 11.7 Å². The fourth-order valence-corrected chi connectivity index (χ4v) is 3.56. The third-order valence-electron chi connectivity index (χ3n) is 5.08. The Kier molecular flexibility index (Phi) is 7.49. The van der Waals surface area contributed by atoms with Gasteiger partial charge in [-0.25, -0.2) is 0 Å². The van der Waals surface area contributed by atoms with Gasteiger partial charge in [-0.05, 0) is 61.7 Å². The molecular weight excluding hydrogens is 389 g/mol. The topological polar surface area (TPSA) is 32.3 Å². The Morgan fingerprint density at radius 1 is 1.07 bits per heavy atom. The van der Waals surface area contributed by atoms with Gasteiger partial charge >= 0.3 is 6.18 Å². The van der Waals surface area contributed by atoms with E-state index in [9.17, 15) is 18.0 Å². The number of hydrogen-bond acceptors (Lipinski definition) is 2. The van der Waals surface area contributed by atoms with E-state index in [0.717, 1.165) is 31.5 Å². The van der Waals surface area contributed by atoms with Crippen molar-refractivity contribution in [2.24, 2.45) is 5.92 Å². The first kappa shape index (κ1) is 22.2. The fourth-order valence-electron chi connectivity index (χ4n) is 3.56. The van der Waals surface area contributed by atoms with Gasteiger partial charge in [-0.15, -0.1) is 12.4 Å². The van der Waals surface area contributed by atoms with Crippen LogP contribution in [-0.2, 0) is 6.18 Å². The number of nitrogens with one attached hydrogen (secondary N) is 1. The number of carbonyl (C=O) groups excluding carboxylic acids is 1. The summed E-state index contributed by atoms with van der Waals surface area (Å²) in [7, 11) is 1.93. The Morgan fingerprint density at radius 2 is 1.68 bits per heavy atom. The highest BCUT2D eigenvalue weighted by Crippen LogP contribution is 2.32. The Balaban J connectivity index is 0.00000280. The van der Waals surface area contributed by atoms with E-state index in [0.29, 0.717) is 35.7 Å². The number of benzene rings is 2. The molecule has 0 spiro atoms. The van der Waals surface area contributed by atoms with Crippen LogP contribution in [0.4, 0.5) is 13.2 Å². The molecule has 1 aliphatic heterocycles. The standard InChI is InChI=1S/C21H23F3N2O.ClH/c1-25-14-15-10-12-26(13-11-15)20(27)19-5-3-2-4-18(19)16-6-8-17(9-7-16)21(22,23)24;/h2-9,15,25H,10-14H2,1H3;1H. The minimum Gasteiger partial charge on any atom is -0.339 e. The van der Waals surface area contributed by atoms with Crippen LogP contribution in [0.25, 0.3) is 11.1 Å². The number of nitrogens with zero attached hydrogens (tertiary/aromatic N) is 1. The van der Waals surface area contributed by atoms with Crippen LogP contribution >= 0.6 is 12.4 Å². The molecule has 0 unspecified atom stereocenters. The number of rotatable bonds is 4. The maximum absolute atomic E-state index is 13.0. The Bertz CT molecular complexity index is 785. The van der Waals surface area contributed by atoms with Crippen molar-refractivity contribution in [3.63, 3.8) is 0 Å². The lowest BCUT2D eigenvalue weighted by molar-refractivity contribution is -0.137. The molecule has 1 amide bonds. The average molecular weight is 413 g/mol. The molecule has 0 bridgehead atoms. The van der Waals surface area contributed by atoms with Crippen LogP contribution in [-0.4, -0.2) is 37.5 Å². The molecule has 2 aromatic carbocycles. The summed E-state index contributed by atoms with van der Waals surface area (Å²) in [4.78, 5) is 14.9. The van der Waals surface area contributed by atoms with Crippen LogP contribution in [0.5, 0.6) is 0 Å². The second-order valence-corrected chi connectivity index (χ2v) is 6.91. The summed E-state index contributed by atoms with van der Waals surface area (Å²) in [5, 5.41) is 3.18. The molecule has 1 aliphatic rings. The van der Waals surface area contributed by atoms with E-state index in [1.165, 1.54) is 12.1 Å². The van der Waals surface area contributed by atoms with Crippen molar-refractivity contribution >= 4 is 18.3 Å². The molecule has 1 saturated heterocycles. The molecule has 28 heavy (non-hydrogen) atoms. The highest BCUT2D eigenvalue weighted by Gasteiger charge is 2.30. The molecular formula is C21H24ClF3N2O. The number of hydrogen-bond donors (Lipinski definition) is 1. The van der Waals surface area contributed by atoms with Gasteiger partial charge in [0, 0.05) is 18.7 Å². The van der Waals surface area contributed by atoms with E-state index in [-0.39, 0.29) is 18.3 Å². The van der Waals surface area contributed by atoms with E-state index in [1.807, 2.05) is 11.9 Å². The summed E-state index contributed by atoms with van der Waals surface area (Å²) in [5.74, 6) is 0.512. The molecule has 3 rings (SSSR count). The monoisotopic (exact) mass is 412 g/mol. The van der Waals surface area contributed by atoms with Gasteiger partial charge in [-0.2, -0.15) is 13.2 Å². The van der Waals surface area contributed by atoms with E-state index in [1.54, 1.807) is 24.3 Å². The van der Waals surface area contributed by atoms with Crippen molar-refractivity contribution in [3.8, 4) is 11.1 Å². The molecule has 0 atom stereocenters. The van der Waals surface area contributed by atoms with Crippen molar-refractivity contribution in [3.05, 3.63) is 59.7 Å². The van der Waals surface area contributed by atoms with Gasteiger partial charge in [-0.1, -0.05) is 30.3 Å². The minimum absolute atomic E-state index is 0. The van der Waals surface area contributed by atoms with Crippen LogP contribution in [0.3, 0.4) is 0 Å². The average Bonchev–Trinajstić information content (AvgIpc) is 2.68. The van der Waals surface area contributed by atoms with E-state index >= 15 is 0 Å². The predicted octanol–water partition coefficient (Wildman–Crippen LogP) is 4.87. The summed E-state index contributed by atoms with van der Waals surface area (Å²) in [6.45, 7) is 2.35. The van der Waals surface area contributed by atoms with Gasteiger partial charge in [-0.3, -0.25) is 4.79 Å². The maximum Gasteiger partial charge on any atom is 0.416 e. The molecule has 1 N–H and O–H groups in total. The zero-order chi connectivity index (χ0) is 19.4. The lowest BCUT2D eigenvalue weighted by atomic mass is 9.94. The lowest BCUT2D eigenvalue weighted by Crippen LogP contribution is -2.40. The number of alkyl halides is 3. The number of amides is 1. The van der Waals surface area contributed by atoms with Crippen LogP contribution in [0.15, 0.2) is 48.5 Å². The van der Waals surface area contributed by atoms with Crippen LogP contribution in [0.2, 0.25) is 0 Å². The van der Waals surface area contributed by atoms with Gasteiger partial charge in [0.2, 0.25) is 0 Å². The zero-order valence-electron chi connectivity index (χ0n) is 15.6. The summed E-state index contributed by atoms with van der Waals surface area (Å²) in [5.41, 5.74) is 1.11. The summed E-state index contributed by atoms with van der Waals surface area (Å²) < 4.78 is 38.4.